The van der Waals surface area contributed by atoms with Crippen molar-refractivity contribution in [3.05, 3.63) is 54.6 Å². The average Bonchev–Trinajstić information content (AvgIpc) is 2.68. The van der Waals surface area contributed by atoms with Crippen molar-refractivity contribution in [2.45, 2.75) is 4.90 Å². The Bertz CT molecular complexity index is 767. The van der Waals surface area contributed by atoms with Crippen molar-refractivity contribution >= 4 is 29.0 Å². The van der Waals surface area contributed by atoms with Gasteiger partial charge in [-0.05, 0) is 24.3 Å². The van der Waals surface area contributed by atoms with Gasteiger partial charge in [0.05, 0.1) is 43.7 Å². The second-order valence-electron chi connectivity index (χ2n) is 6.24. The van der Waals surface area contributed by atoms with E-state index in [1.807, 2.05) is 30.3 Å². The molecule has 26 heavy (non-hydrogen) atoms. The number of hydrogen-bond acceptors (Lipinski definition) is 4. The summed E-state index contributed by atoms with van der Waals surface area (Å²) in [7, 11) is 0. The molecule has 1 aliphatic heterocycles. The van der Waals surface area contributed by atoms with Gasteiger partial charge in [-0.25, -0.2) is 0 Å². The van der Waals surface area contributed by atoms with Crippen LogP contribution in [0, 0.1) is 11.3 Å². The number of rotatable bonds is 6. The second kappa shape index (κ2) is 9.27. The summed E-state index contributed by atoms with van der Waals surface area (Å²) in [5.74, 6) is 0.401. The van der Waals surface area contributed by atoms with Crippen molar-refractivity contribution < 1.29 is 9.69 Å². The molecule has 5 nitrogen and oxygen atoms in total. The summed E-state index contributed by atoms with van der Waals surface area (Å²) in [4.78, 5) is 17.0. The third-order valence-corrected chi connectivity index (χ3v) is 5.40. The Hall–Kier alpha value is -2.49. The van der Waals surface area contributed by atoms with E-state index in [1.54, 1.807) is 0 Å². The Morgan fingerprint density at radius 3 is 2.54 bits per heavy atom. The molecule has 2 aromatic rings. The Balaban J connectivity index is 1.50. The molecule has 2 aromatic carbocycles. The largest absolute Gasteiger partial charge is 0.360 e. The molecule has 0 aromatic heterocycles. The van der Waals surface area contributed by atoms with Crippen LogP contribution >= 0.6 is 11.8 Å². The molecule has 1 heterocycles. The van der Waals surface area contributed by atoms with Crippen molar-refractivity contribution in [1.82, 2.24) is 0 Å². The van der Waals surface area contributed by atoms with Gasteiger partial charge in [-0.1, -0.05) is 30.3 Å². The molecule has 1 aliphatic rings. The lowest BCUT2D eigenvalue weighted by molar-refractivity contribution is -0.892. The van der Waals surface area contributed by atoms with Crippen LogP contribution in [-0.4, -0.2) is 44.4 Å². The van der Waals surface area contributed by atoms with Gasteiger partial charge >= 0.3 is 0 Å². The number of nitriles is 1. The minimum Gasteiger partial charge on any atom is -0.360 e. The van der Waals surface area contributed by atoms with Crippen LogP contribution in [0.15, 0.2) is 59.5 Å². The molecule has 1 amide bonds. The van der Waals surface area contributed by atoms with Crippen molar-refractivity contribution in [2.75, 3.05) is 48.7 Å². The number of quaternary nitrogens is 1. The number of thioether (sulfide) groups is 1. The van der Waals surface area contributed by atoms with Gasteiger partial charge in [0.1, 0.15) is 0 Å². The average molecular weight is 367 g/mol. The number of carbonyl (C=O) groups is 1. The molecule has 1 fully saturated rings. The molecule has 0 saturated carbocycles. The standard InChI is InChI=1S/C20H22N4OS/c21-10-15-26-19-9-5-4-8-18(19)22-20(25)16-23-11-13-24(14-12-23)17-6-2-1-3-7-17/h1-9H,11-16H2,(H,22,25)/p+1. The minimum atomic E-state index is 0.0261. The van der Waals surface area contributed by atoms with Gasteiger partial charge < -0.3 is 15.1 Å². The number of benzene rings is 2. The molecule has 0 atom stereocenters. The van der Waals surface area contributed by atoms with Gasteiger partial charge in [0.2, 0.25) is 0 Å². The molecular formula is C20H23N4OS+. The zero-order valence-corrected chi connectivity index (χ0v) is 15.5. The van der Waals surface area contributed by atoms with Gasteiger partial charge in [0, 0.05) is 10.6 Å². The number of carbonyl (C=O) groups excluding carboxylic acids is 1. The highest BCUT2D eigenvalue weighted by atomic mass is 32.2. The topological polar surface area (TPSA) is 60.6 Å². The number of amides is 1. The Labute approximate surface area is 158 Å². The Kier molecular flexibility index (Phi) is 6.53. The maximum Gasteiger partial charge on any atom is 0.279 e. The summed E-state index contributed by atoms with van der Waals surface area (Å²) in [5.41, 5.74) is 2.04. The first-order valence-corrected chi connectivity index (χ1v) is 9.77. The molecule has 6 heteroatoms. The Morgan fingerprint density at radius 1 is 1.12 bits per heavy atom. The summed E-state index contributed by atoms with van der Waals surface area (Å²) in [6, 6.07) is 20.2. The van der Waals surface area contributed by atoms with Gasteiger partial charge in [-0.2, -0.15) is 5.26 Å². The monoisotopic (exact) mass is 367 g/mol. The van der Waals surface area contributed by atoms with Crippen LogP contribution in [0.4, 0.5) is 11.4 Å². The summed E-state index contributed by atoms with van der Waals surface area (Å²) in [6.45, 7) is 4.29. The number of nitrogens with one attached hydrogen (secondary N) is 2. The summed E-state index contributed by atoms with van der Waals surface area (Å²) in [5, 5.41) is 11.8. The van der Waals surface area contributed by atoms with Gasteiger partial charge in [-0.3, -0.25) is 4.79 Å². The molecule has 0 spiro atoms. The van der Waals surface area contributed by atoms with Gasteiger partial charge in [0.25, 0.3) is 5.91 Å². The van der Waals surface area contributed by atoms with E-state index < -0.39 is 0 Å². The highest BCUT2D eigenvalue weighted by Crippen LogP contribution is 2.26. The molecule has 2 N–H and O–H groups in total. The molecule has 0 radical (unpaired) electrons. The highest BCUT2D eigenvalue weighted by molar-refractivity contribution is 7.99. The van der Waals surface area contributed by atoms with Crippen molar-refractivity contribution in [3.63, 3.8) is 0 Å². The first-order valence-electron chi connectivity index (χ1n) is 8.78. The minimum absolute atomic E-state index is 0.0261. The normalized spacial score (nSPS) is 14.7. The van der Waals surface area contributed by atoms with Crippen LogP contribution in [0.2, 0.25) is 0 Å². The predicted octanol–water partition coefficient (Wildman–Crippen LogP) is 1.65. The third-order valence-electron chi connectivity index (χ3n) is 4.46. The van der Waals surface area contributed by atoms with Crippen molar-refractivity contribution in [2.24, 2.45) is 0 Å². The number of anilines is 2. The van der Waals surface area contributed by atoms with Crippen LogP contribution < -0.4 is 15.1 Å². The van der Waals surface area contributed by atoms with Crippen LogP contribution in [0.5, 0.6) is 0 Å². The molecule has 3 rings (SSSR count). The van der Waals surface area contributed by atoms with E-state index in [1.165, 1.54) is 22.3 Å². The predicted molar refractivity (Wildman–Crippen MR) is 106 cm³/mol. The maximum atomic E-state index is 12.4. The quantitative estimate of drug-likeness (QED) is 0.762. The third kappa shape index (κ3) is 5.01. The zero-order valence-electron chi connectivity index (χ0n) is 14.6. The van der Waals surface area contributed by atoms with Crippen molar-refractivity contribution in [3.8, 4) is 6.07 Å². The number of hydrogen-bond donors (Lipinski definition) is 2. The summed E-state index contributed by atoms with van der Waals surface area (Å²) in [6.07, 6.45) is 0. The summed E-state index contributed by atoms with van der Waals surface area (Å²) >= 11 is 1.44. The molecule has 0 bridgehead atoms. The lowest BCUT2D eigenvalue weighted by Crippen LogP contribution is -3.15. The smallest absolute Gasteiger partial charge is 0.279 e. The SMILES string of the molecule is N#CCSc1ccccc1NC(=O)C[NH+]1CCN(c2ccccc2)CC1. The van der Waals surface area contributed by atoms with E-state index in [0.29, 0.717) is 12.3 Å². The fourth-order valence-electron chi connectivity index (χ4n) is 3.12. The number of nitrogens with zero attached hydrogens (tertiary/aromatic N) is 2. The highest BCUT2D eigenvalue weighted by Gasteiger charge is 2.22. The van der Waals surface area contributed by atoms with Crippen LogP contribution in [0.1, 0.15) is 0 Å². The van der Waals surface area contributed by atoms with Gasteiger partial charge in [0.15, 0.2) is 6.54 Å². The molecular weight excluding hydrogens is 344 g/mol. The van der Waals surface area contributed by atoms with E-state index in [4.69, 9.17) is 5.26 Å². The van der Waals surface area contributed by atoms with E-state index >= 15 is 0 Å². The van der Waals surface area contributed by atoms with Crippen LogP contribution in [0.3, 0.4) is 0 Å². The second-order valence-corrected chi connectivity index (χ2v) is 7.26. The first-order chi connectivity index (χ1) is 12.8. The molecule has 0 unspecified atom stereocenters. The van der Waals surface area contributed by atoms with Crippen LogP contribution in [-0.2, 0) is 4.79 Å². The van der Waals surface area contributed by atoms with Crippen LogP contribution in [0.25, 0.3) is 0 Å². The van der Waals surface area contributed by atoms with Crippen molar-refractivity contribution in [1.29, 1.82) is 5.26 Å². The number of piperazine rings is 1. The maximum absolute atomic E-state index is 12.4. The zero-order chi connectivity index (χ0) is 18.2. The van der Waals surface area contributed by atoms with E-state index in [2.05, 4.69) is 40.6 Å². The van der Waals surface area contributed by atoms with Gasteiger partial charge in [-0.15, -0.1) is 11.8 Å². The summed E-state index contributed by atoms with van der Waals surface area (Å²) < 4.78 is 0. The van der Waals surface area contributed by atoms with E-state index in [0.717, 1.165) is 36.8 Å². The molecule has 0 aliphatic carbocycles. The lowest BCUT2D eigenvalue weighted by atomic mass is 10.2. The fourth-order valence-corrected chi connectivity index (χ4v) is 3.79. The lowest BCUT2D eigenvalue weighted by Gasteiger charge is -2.33. The molecule has 1 saturated heterocycles. The fraction of sp³-hybridized carbons (Fsp3) is 0.300. The van der Waals surface area contributed by atoms with E-state index in [9.17, 15) is 4.79 Å². The molecule has 134 valence electrons. The van der Waals surface area contributed by atoms with E-state index in [-0.39, 0.29) is 5.91 Å². The Morgan fingerprint density at radius 2 is 1.81 bits per heavy atom. The number of para-hydroxylation sites is 2. The first kappa shape index (κ1) is 18.3.